The average Bonchev–Trinajstić information content (AvgIpc) is 3.37. The summed E-state index contributed by atoms with van der Waals surface area (Å²) in [5.74, 6) is -0.651. The molecule has 2 aromatic rings. The van der Waals surface area contributed by atoms with Crippen molar-refractivity contribution in [3.05, 3.63) is 6.33 Å². The molecular weight excluding hydrogens is 636 g/mol. The molecule has 1 aliphatic rings. The number of thioether (sulfide) groups is 1. The van der Waals surface area contributed by atoms with Crippen molar-refractivity contribution in [2.75, 3.05) is 30.4 Å². The standard InChI is InChI=1S/C23H36Cl2N7O8PS/c1-11(2)39-18(34)12(3)31-41(36,37-7-8-42-20(35)22(4,5)6)38-9-13-15(33)23(24,25)19(40-13)32-10-28-14-16(26)29-21(27)30-17(14)32/h10-13,15,19,33H,7-9H2,1-6H3,(H,31,36)(H4,26,27,29,30)/t12?,13-,15-,19-,41?/m1/s1. The Morgan fingerprint density at radius 2 is 1.93 bits per heavy atom. The second-order valence-corrected chi connectivity index (χ2v) is 15.1. The number of nitrogens with one attached hydrogen (secondary N) is 1. The Balaban J connectivity index is 1.76. The zero-order valence-electron chi connectivity index (χ0n) is 23.9. The van der Waals surface area contributed by atoms with Gasteiger partial charge >= 0.3 is 13.7 Å². The van der Waals surface area contributed by atoms with Crippen molar-refractivity contribution in [2.45, 2.75) is 76.5 Å². The molecule has 236 valence electrons. The van der Waals surface area contributed by atoms with Gasteiger partial charge in [0.1, 0.15) is 23.8 Å². The number of ether oxygens (including phenoxy) is 2. The van der Waals surface area contributed by atoms with Crippen molar-refractivity contribution in [3.8, 4) is 0 Å². The van der Waals surface area contributed by atoms with Crippen molar-refractivity contribution >= 4 is 76.7 Å². The van der Waals surface area contributed by atoms with Gasteiger partial charge in [0.2, 0.25) is 5.95 Å². The third kappa shape index (κ3) is 8.24. The van der Waals surface area contributed by atoms with Gasteiger partial charge in [-0.05, 0) is 20.8 Å². The van der Waals surface area contributed by atoms with Crippen LogP contribution in [0.15, 0.2) is 6.33 Å². The van der Waals surface area contributed by atoms with Crippen LogP contribution >= 0.6 is 42.7 Å². The Hall–Kier alpha value is -1.75. The molecule has 3 heterocycles. The quantitative estimate of drug-likeness (QED) is 0.110. The first-order valence-corrected chi connectivity index (χ1v) is 16.2. The van der Waals surface area contributed by atoms with E-state index in [9.17, 15) is 19.3 Å². The number of aliphatic hydroxyl groups is 1. The molecule has 19 heteroatoms. The number of carbonyl (C=O) groups is 2. The Bertz CT molecular complexity index is 1340. The van der Waals surface area contributed by atoms with Crippen molar-refractivity contribution in [2.24, 2.45) is 5.41 Å². The van der Waals surface area contributed by atoms with E-state index >= 15 is 0 Å². The van der Waals surface area contributed by atoms with E-state index < -0.39 is 60.7 Å². The van der Waals surface area contributed by atoms with E-state index in [0.29, 0.717) is 0 Å². The first kappa shape index (κ1) is 34.7. The van der Waals surface area contributed by atoms with Crippen molar-refractivity contribution in [1.82, 2.24) is 24.6 Å². The number of aromatic nitrogens is 4. The molecule has 0 amide bonds. The van der Waals surface area contributed by atoms with Gasteiger partial charge in [-0.25, -0.2) is 14.6 Å². The summed E-state index contributed by atoms with van der Waals surface area (Å²) >= 11 is 14.0. The van der Waals surface area contributed by atoms with Crippen LogP contribution in [-0.2, 0) is 32.7 Å². The van der Waals surface area contributed by atoms with Gasteiger partial charge < -0.3 is 26.0 Å². The van der Waals surface area contributed by atoms with Crippen LogP contribution in [0, 0.1) is 5.41 Å². The zero-order valence-corrected chi connectivity index (χ0v) is 27.2. The van der Waals surface area contributed by atoms with Gasteiger partial charge in [-0.15, -0.1) is 0 Å². The molecular formula is C23H36Cl2N7O8PS. The van der Waals surface area contributed by atoms with Gasteiger partial charge in [-0.2, -0.15) is 9.97 Å². The van der Waals surface area contributed by atoms with Crippen LogP contribution in [0.4, 0.5) is 11.8 Å². The molecule has 0 aliphatic carbocycles. The minimum atomic E-state index is -4.25. The molecule has 0 saturated carbocycles. The molecule has 2 unspecified atom stereocenters. The number of hydrogen-bond donors (Lipinski definition) is 4. The van der Waals surface area contributed by atoms with Crippen molar-refractivity contribution < 1.29 is 37.8 Å². The molecule has 42 heavy (non-hydrogen) atoms. The fraction of sp³-hybridized carbons (Fsp3) is 0.696. The number of rotatable bonds is 12. The summed E-state index contributed by atoms with van der Waals surface area (Å²) < 4.78 is 35.3. The monoisotopic (exact) mass is 671 g/mol. The summed E-state index contributed by atoms with van der Waals surface area (Å²) in [7, 11) is -4.25. The van der Waals surface area contributed by atoms with Crippen LogP contribution < -0.4 is 16.6 Å². The minimum absolute atomic E-state index is 0.0149. The zero-order chi connectivity index (χ0) is 31.6. The Morgan fingerprint density at radius 1 is 1.26 bits per heavy atom. The highest BCUT2D eigenvalue weighted by Crippen LogP contribution is 2.50. The third-order valence-corrected chi connectivity index (χ3v) is 9.53. The van der Waals surface area contributed by atoms with Gasteiger partial charge in [0.25, 0.3) is 0 Å². The normalized spacial score (nSPS) is 22.8. The van der Waals surface area contributed by atoms with Crippen LogP contribution in [0.1, 0.15) is 47.8 Å². The number of carbonyl (C=O) groups excluding carboxylic acids is 2. The molecule has 6 N–H and O–H groups in total. The number of alkyl halides is 2. The molecule has 15 nitrogen and oxygen atoms in total. The minimum Gasteiger partial charge on any atom is -0.462 e. The molecule has 3 rings (SSSR count). The predicted octanol–water partition coefficient (Wildman–Crippen LogP) is 2.80. The summed E-state index contributed by atoms with van der Waals surface area (Å²) in [5, 5.41) is 13.4. The molecule has 5 atom stereocenters. The number of halogens is 2. The molecule has 1 aliphatic heterocycles. The topological polar surface area (TPSA) is 216 Å². The van der Waals surface area contributed by atoms with Gasteiger partial charge in [-0.3, -0.25) is 23.2 Å². The lowest BCUT2D eigenvalue weighted by Crippen LogP contribution is -2.39. The van der Waals surface area contributed by atoms with Gasteiger partial charge in [0.15, 0.2) is 27.1 Å². The molecule has 0 spiro atoms. The lowest BCUT2D eigenvalue weighted by Gasteiger charge is -2.25. The number of nitrogen functional groups attached to an aromatic ring is 2. The van der Waals surface area contributed by atoms with Gasteiger partial charge in [0.05, 0.1) is 25.6 Å². The highest BCUT2D eigenvalue weighted by molar-refractivity contribution is 8.13. The summed E-state index contributed by atoms with van der Waals surface area (Å²) in [6.07, 6.45) is -3.17. The van der Waals surface area contributed by atoms with Gasteiger partial charge in [-0.1, -0.05) is 55.7 Å². The molecule has 1 saturated heterocycles. The van der Waals surface area contributed by atoms with E-state index in [4.69, 9.17) is 53.2 Å². The lowest BCUT2D eigenvalue weighted by molar-refractivity contribution is -0.149. The average molecular weight is 673 g/mol. The van der Waals surface area contributed by atoms with Crippen LogP contribution in [0.3, 0.4) is 0 Å². The van der Waals surface area contributed by atoms with E-state index in [2.05, 4.69) is 20.0 Å². The molecule has 0 bridgehead atoms. The number of nitrogens with two attached hydrogens (primary N) is 2. The fourth-order valence-corrected chi connectivity index (χ4v) is 6.63. The number of esters is 1. The third-order valence-electron chi connectivity index (χ3n) is 5.75. The highest BCUT2D eigenvalue weighted by atomic mass is 35.5. The van der Waals surface area contributed by atoms with E-state index in [-0.39, 0.29) is 40.4 Å². The van der Waals surface area contributed by atoms with Crippen LogP contribution in [0.5, 0.6) is 0 Å². The number of nitrogens with zero attached hydrogens (tertiary/aromatic N) is 4. The Labute approximate surface area is 257 Å². The van der Waals surface area contributed by atoms with Gasteiger partial charge in [0, 0.05) is 11.2 Å². The second-order valence-electron chi connectivity index (χ2n) is 10.8. The van der Waals surface area contributed by atoms with E-state index in [1.54, 1.807) is 34.6 Å². The lowest BCUT2D eigenvalue weighted by atomic mass is 10.00. The second kappa shape index (κ2) is 13.5. The number of anilines is 2. The van der Waals surface area contributed by atoms with E-state index in [0.717, 1.165) is 11.8 Å². The maximum absolute atomic E-state index is 13.7. The fourth-order valence-electron chi connectivity index (χ4n) is 3.65. The van der Waals surface area contributed by atoms with E-state index in [1.807, 2.05) is 0 Å². The molecule has 0 aromatic carbocycles. The SMILES string of the molecule is CC(C)OC(=O)C(C)NP(=O)(OCCSC(=O)C(C)(C)C)OC[C@H]1O[C@@H](n2cnc3c(N)nc(N)nc32)C(Cl)(Cl)[C@@H]1O. The Morgan fingerprint density at radius 3 is 2.55 bits per heavy atom. The largest absolute Gasteiger partial charge is 0.462 e. The maximum atomic E-state index is 13.7. The predicted molar refractivity (Wildman–Crippen MR) is 159 cm³/mol. The summed E-state index contributed by atoms with van der Waals surface area (Å²) in [4.78, 5) is 36.7. The van der Waals surface area contributed by atoms with Crippen LogP contribution in [0.25, 0.3) is 11.2 Å². The molecule has 1 fully saturated rings. The van der Waals surface area contributed by atoms with Crippen LogP contribution in [-0.4, -0.2) is 83.4 Å². The van der Waals surface area contributed by atoms with Crippen molar-refractivity contribution in [1.29, 1.82) is 0 Å². The first-order chi connectivity index (χ1) is 19.4. The smallest absolute Gasteiger partial charge is 0.406 e. The van der Waals surface area contributed by atoms with Crippen molar-refractivity contribution in [3.63, 3.8) is 0 Å². The number of aliphatic hydroxyl groups excluding tert-OH is 1. The summed E-state index contributed by atoms with van der Waals surface area (Å²) in [6.45, 7) is 9.38. The van der Waals surface area contributed by atoms with E-state index in [1.165, 1.54) is 17.8 Å². The number of hydrogen-bond acceptors (Lipinski definition) is 14. The summed E-state index contributed by atoms with van der Waals surface area (Å²) in [6, 6.07) is -1.10. The first-order valence-electron chi connectivity index (χ1n) is 12.9. The Kier molecular flexibility index (Phi) is 11.2. The molecule has 0 radical (unpaired) electrons. The molecule has 2 aromatic heterocycles. The highest BCUT2D eigenvalue weighted by Gasteiger charge is 2.56. The summed E-state index contributed by atoms with van der Waals surface area (Å²) in [5.41, 5.74) is 11.4. The van der Waals surface area contributed by atoms with Crippen LogP contribution in [0.2, 0.25) is 0 Å². The maximum Gasteiger partial charge on any atom is 0.406 e. The number of fused-ring (bicyclic) bond motifs is 1. The number of imidazole rings is 1.